The largest absolute Gasteiger partial charge is 0.345 e. The molecule has 0 bridgehead atoms. The van der Waals surface area contributed by atoms with Crippen molar-refractivity contribution in [3.63, 3.8) is 0 Å². The summed E-state index contributed by atoms with van der Waals surface area (Å²) in [4.78, 5) is 25.2. The number of halogens is 1. The lowest BCUT2D eigenvalue weighted by atomic mass is 10.1. The first-order valence-electron chi connectivity index (χ1n) is 8.02. The van der Waals surface area contributed by atoms with Crippen LogP contribution < -0.4 is 4.90 Å². The van der Waals surface area contributed by atoms with E-state index in [9.17, 15) is 14.9 Å². The van der Waals surface area contributed by atoms with Crippen molar-refractivity contribution in [2.24, 2.45) is 0 Å². The summed E-state index contributed by atoms with van der Waals surface area (Å²) in [6, 6.07) is 15.6. The molecule has 0 N–H and O–H groups in total. The highest BCUT2D eigenvalue weighted by molar-refractivity contribution is 6.34. The molecule has 0 radical (unpaired) electrons. The smallest absolute Gasteiger partial charge is 0.270 e. The molecule has 0 unspecified atom stereocenters. The molecule has 2 aromatic carbocycles. The Bertz CT molecular complexity index is 1030. The molecular weight excluding hydrogens is 354 g/mol. The Morgan fingerprint density at radius 1 is 1.08 bits per heavy atom. The number of hydrogen-bond donors (Lipinski definition) is 0. The van der Waals surface area contributed by atoms with Crippen molar-refractivity contribution in [2.75, 3.05) is 4.90 Å². The molecule has 0 fully saturated rings. The molecule has 1 amide bonds. The van der Waals surface area contributed by atoms with E-state index in [0.29, 0.717) is 13.1 Å². The van der Waals surface area contributed by atoms with Crippen LogP contribution in [0.4, 0.5) is 11.4 Å². The van der Waals surface area contributed by atoms with Gasteiger partial charge in [0.25, 0.3) is 11.6 Å². The number of fused-ring (bicyclic) bond motifs is 2. The quantitative estimate of drug-likeness (QED) is 0.502. The van der Waals surface area contributed by atoms with Gasteiger partial charge >= 0.3 is 0 Å². The summed E-state index contributed by atoms with van der Waals surface area (Å²) in [5, 5.41) is 11.0. The van der Waals surface area contributed by atoms with Crippen LogP contribution in [0.25, 0.3) is 0 Å². The van der Waals surface area contributed by atoms with Gasteiger partial charge in [-0.2, -0.15) is 0 Å². The minimum atomic E-state index is -0.533. The Morgan fingerprint density at radius 3 is 2.65 bits per heavy atom. The van der Waals surface area contributed by atoms with Gasteiger partial charge in [-0.25, -0.2) is 0 Å². The number of rotatable bonds is 2. The Kier molecular flexibility index (Phi) is 3.97. The Morgan fingerprint density at radius 2 is 1.88 bits per heavy atom. The number of benzene rings is 2. The summed E-state index contributed by atoms with van der Waals surface area (Å²) in [7, 11) is 0. The van der Waals surface area contributed by atoms with E-state index >= 15 is 0 Å². The zero-order valence-corrected chi connectivity index (χ0v) is 14.4. The van der Waals surface area contributed by atoms with Crippen LogP contribution >= 0.6 is 11.6 Å². The number of hydrogen-bond acceptors (Lipinski definition) is 3. The van der Waals surface area contributed by atoms with Gasteiger partial charge in [-0.15, -0.1) is 0 Å². The average molecular weight is 368 g/mol. The fourth-order valence-electron chi connectivity index (χ4n) is 3.20. The second-order valence-electron chi connectivity index (χ2n) is 6.07. The van der Waals surface area contributed by atoms with E-state index in [-0.39, 0.29) is 22.2 Å². The standard InChI is InChI=1S/C19H14ClN3O3/c20-17-10-14(23(25)26)7-8-16(17)19(24)22-12-15-5-3-9-21(15)11-13-4-1-2-6-18(13)22/h1-10H,11-12H2. The van der Waals surface area contributed by atoms with Crippen LogP contribution in [0.2, 0.25) is 5.02 Å². The highest BCUT2D eigenvalue weighted by atomic mass is 35.5. The number of anilines is 1. The van der Waals surface area contributed by atoms with E-state index in [0.717, 1.165) is 16.9 Å². The fraction of sp³-hybridized carbons (Fsp3) is 0.105. The predicted molar refractivity (Wildman–Crippen MR) is 98.6 cm³/mol. The van der Waals surface area contributed by atoms with Gasteiger partial charge < -0.3 is 9.47 Å². The van der Waals surface area contributed by atoms with E-state index in [1.165, 1.54) is 18.2 Å². The summed E-state index contributed by atoms with van der Waals surface area (Å²) in [5.41, 5.74) is 2.95. The lowest BCUT2D eigenvalue weighted by Gasteiger charge is -2.23. The molecule has 26 heavy (non-hydrogen) atoms. The van der Waals surface area contributed by atoms with Gasteiger partial charge in [0.15, 0.2) is 0 Å². The second-order valence-corrected chi connectivity index (χ2v) is 6.48. The third-order valence-electron chi connectivity index (χ3n) is 4.51. The maximum Gasteiger partial charge on any atom is 0.270 e. The third-order valence-corrected chi connectivity index (χ3v) is 4.82. The number of nitrogens with zero attached hydrogens (tertiary/aromatic N) is 3. The molecular formula is C19H14ClN3O3. The first kappa shape index (κ1) is 16.4. The highest BCUT2D eigenvalue weighted by Crippen LogP contribution is 2.31. The predicted octanol–water partition coefficient (Wildman–Crippen LogP) is 4.26. The molecule has 4 rings (SSSR count). The van der Waals surface area contributed by atoms with Crippen molar-refractivity contribution >= 4 is 28.9 Å². The van der Waals surface area contributed by atoms with Gasteiger partial charge in [0.05, 0.1) is 22.1 Å². The summed E-state index contributed by atoms with van der Waals surface area (Å²) >= 11 is 6.18. The third kappa shape index (κ3) is 2.74. The minimum Gasteiger partial charge on any atom is -0.345 e. The normalized spacial score (nSPS) is 12.9. The number of nitro benzene ring substituents is 1. The van der Waals surface area contributed by atoms with Gasteiger partial charge in [0.2, 0.25) is 0 Å². The molecule has 0 aliphatic carbocycles. The summed E-state index contributed by atoms with van der Waals surface area (Å²) in [5.74, 6) is -0.285. The molecule has 1 aromatic heterocycles. The molecule has 3 aromatic rings. The van der Waals surface area contributed by atoms with Crippen LogP contribution in [0.5, 0.6) is 0 Å². The number of carbonyl (C=O) groups excluding carboxylic acids is 1. The van der Waals surface area contributed by atoms with Crippen LogP contribution in [0, 0.1) is 10.1 Å². The first-order valence-corrected chi connectivity index (χ1v) is 8.40. The van der Waals surface area contributed by atoms with E-state index in [4.69, 9.17) is 11.6 Å². The van der Waals surface area contributed by atoms with Crippen molar-refractivity contribution in [2.45, 2.75) is 13.1 Å². The van der Waals surface area contributed by atoms with Crippen molar-refractivity contribution in [1.82, 2.24) is 4.57 Å². The molecule has 0 saturated heterocycles. The van der Waals surface area contributed by atoms with Crippen molar-refractivity contribution in [1.29, 1.82) is 0 Å². The van der Waals surface area contributed by atoms with Crippen LogP contribution in [-0.4, -0.2) is 15.4 Å². The molecule has 2 heterocycles. The van der Waals surface area contributed by atoms with E-state index < -0.39 is 4.92 Å². The molecule has 0 saturated carbocycles. The zero-order chi connectivity index (χ0) is 18.3. The SMILES string of the molecule is O=C(c1ccc([N+](=O)[O-])cc1Cl)N1Cc2cccn2Cc2ccccc21. The van der Waals surface area contributed by atoms with Crippen molar-refractivity contribution < 1.29 is 9.72 Å². The summed E-state index contributed by atoms with van der Waals surface area (Å²) in [6.07, 6.45) is 1.99. The van der Waals surface area contributed by atoms with Crippen LogP contribution in [0.3, 0.4) is 0 Å². The van der Waals surface area contributed by atoms with Crippen LogP contribution in [-0.2, 0) is 13.1 Å². The number of non-ortho nitro benzene ring substituents is 1. The van der Waals surface area contributed by atoms with Crippen molar-refractivity contribution in [3.05, 3.63) is 92.8 Å². The maximum atomic E-state index is 13.2. The van der Waals surface area contributed by atoms with Crippen molar-refractivity contribution in [3.8, 4) is 0 Å². The number of aromatic nitrogens is 1. The van der Waals surface area contributed by atoms with Gasteiger partial charge in [-0.3, -0.25) is 14.9 Å². The Balaban J connectivity index is 1.79. The minimum absolute atomic E-state index is 0.0707. The van der Waals surface area contributed by atoms with E-state index in [1.807, 2.05) is 42.6 Å². The monoisotopic (exact) mass is 367 g/mol. The molecule has 6 nitrogen and oxygen atoms in total. The van der Waals surface area contributed by atoms with Crippen LogP contribution in [0.15, 0.2) is 60.8 Å². The summed E-state index contributed by atoms with van der Waals surface area (Å²) < 4.78 is 2.10. The molecule has 0 atom stereocenters. The number of nitro groups is 1. The second kappa shape index (κ2) is 6.31. The molecule has 0 spiro atoms. The first-order chi connectivity index (χ1) is 12.5. The van der Waals surface area contributed by atoms with Crippen LogP contribution in [0.1, 0.15) is 21.6 Å². The zero-order valence-electron chi connectivity index (χ0n) is 13.6. The van der Waals surface area contributed by atoms with Gasteiger partial charge in [0.1, 0.15) is 0 Å². The summed E-state index contributed by atoms with van der Waals surface area (Å²) in [6.45, 7) is 1.08. The molecule has 7 heteroatoms. The average Bonchev–Trinajstić information content (AvgIpc) is 3.00. The lowest BCUT2D eigenvalue weighted by Crippen LogP contribution is -2.30. The molecule has 1 aliphatic rings. The topological polar surface area (TPSA) is 68.4 Å². The molecule has 1 aliphatic heterocycles. The lowest BCUT2D eigenvalue weighted by molar-refractivity contribution is -0.384. The van der Waals surface area contributed by atoms with Gasteiger partial charge in [-0.1, -0.05) is 29.8 Å². The maximum absolute atomic E-state index is 13.2. The van der Waals surface area contributed by atoms with Gasteiger partial charge in [-0.05, 0) is 29.8 Å². The number of amides is 1. The van der Waals surface area contributed by atoms with Gasteiger partial charge in [0, 0.05) is 36.3 Å². The Hall–Kier alpha value is -3.12. The highest BCUT2D eigenvalue weighted by Gasteiger charge is 2.26. The molecule has 130 valence electrons. The fourth-order valence-corrected chi connectivity index (χ4v) is 3.46. The van der Waals surface area contributed by atoms with E-state index in [2.05, 4.69) is 4.57 Å². The van der Waals surface area contributed by atoms with E-state index in [1.54, 1.807) is 4.90 Å². The number of para-hydroxylation sites is 1. The Labute approximate surface area is 154 Å². The number of carbonyl (C=O) groups is 1.